The molecule has 3 aromatic rings. The number of hydrogen-bond acceptors (Lipinski definition) is 6. The quantitative estimate of drug-likeness (QED) is 0.470. The van der Waals surface area contributed by atoms with Crippen molar-refractivity contribution in [3.63, 3.8) is 0 Å². The van der Waals surface area contributed by atoms with E-state index < -0.39 is 17.9 Å². The van der Waals surface area contributed by atoms with Gasteiger partial charge in [0.25, 0.3) is 5.56 Å². The molecular formula is C27H31N5O3. The second-order valence-corrected chi connectivity index (χ2v) is 9.95. The highest BCUT2D eigenvalue weighted by Gasteiger charge is 2.41. The highest BCUT2D eigenvalue weighted by atomic mass is 16.3. The number of aromatic amines is 1. The van der Waals surface area contributed by atoms with Crippen LogP contribution in [0, 0.1) is 17.2 Å². The molecule has 0 radical (unpaired) electrons. The number of carbonyl (C=O) groups excluding carboxylic acids is 1. The van der Waals surface area contributed by atoms with Crippen LogP contribution in [0.2, 0.25) is 0 Å². The van der Waals surface area contributed by atoms with E-state index in [2.05, 4.69) is 45.7 Å². The number of fused-ring (bicyclic) bond motifs is 1. The van der Waals surface area contributed by atoms with Crippen molar-refractivity contribution < 1.29 is 9.90 Å². The predicted molar refractivity (Wildman–Crippen MR) is 131 cm³/mol. The predicted octanol–water partition coefficient (Wildman–Crippen LogP) is 3.59. The first-order valence-electron chi connectivity index (χ1n) is 12.5. The van der Waals surface area contributed by atoms with Crippen LogP contribution in [0.4, 0.5) is 0 Å². The first-order chi connectivity index (χ1) is 17.0. The number of rotatable bonds is 6. The summed E-state index contributed by atoms with van der Waals surface area (Å²) in [5.74, 6) is -0.620. The molecule has 8 nitrogen and oxygen atoms in total. The zero-order valence-electron chi connectivity index (χ0n) is 19.9. The highest BCUT2D eigenvalue weighted by molar-refractivity contribution is 6.06. The van der Waals surface area contributed by atoms with Gasteiger partial charge in [-0.05, 0) is 36.3 Å². The molecule has 1 saturated heterocycles. The van der Waals surface area contributed by atoms with Gasteiger partial charge in [0.05, 0.1) is 35.9 Å². The minimum absolute atomic E-state index is 0.117. The van der Waals surface area contributed by atoms with Gasteiger partial charge in [0.2, 0.25) is 0 Å². The number of hydrogen-bond donors (Lipinski definition) is 3. The van der Waals surface area contributed by atoms with E-state index in [4.69, 9.17) is 0 Å². The Morgan fingerprint density at radius 2 is 1.91 bits per heavy atom. The molecule has 1 aliphatic heterocycles. The summed E-state index contributed by atoms with van der Waals surface area (Å²) in [5, 5.41) is 27.4. The van der Waals surface area contributed by atoms with E-state index in [1.165, 1.54) is 49.9 Å². The maximum Gasteiger partial charge on any atom is 0.274 e. The van der Waals surface area contributed by atoms with Crippen LogP contribution in [0.15, 0.2) is 41.3 Å². The number of aliphatic hydroxyl groups excluding tert-OH is 1. The zero-order chi connectivity index (χ0) is 24.5. The fourth-order valence-corrected chi connectivity index (χ4v) is 5.67. The summed E-state index contributed by atoms with van der Waals surface area (Å²) in [7, 11) is 0. The Hall–Kier alpha value is -3.28. The lowest BCUT2D eigenvalue weighted by Gasteiger charge is -2.22. The van der Waals surface area contributed by atoms with Gasteiger partial charge in [0.1, 0.15) is 5.65 Å². The minimum atomic E-state index is -0.732. The molecule has 0 bridgehead atoms. The molecule has 3 unspecified atom stereocenters. The number of aliphatic hydroxyl groups is 1. The molecule has 1 aliphatic carbocycles. The van der Waals surface area contributed by atoms with E-state index in [-0.39, 0.29) is 35.2 Å². The molecule has 4 atom stereocenters. The monoisotopic (exact) mass is 473 g/mol. The van der Waals surface area contributed by atoms with Gasteiger partial charge in [-0.25, -0.2) is 0 Å². The maximum atomic E-state index is 13.8. The van der Waals surface area contributed by atoms with E-state index in [9.17, 15) is 20.0 Å². The third-order valence-electron chi connectivity index (χ3n) is 7.69. The van der Waals surface area contributed by atoms with Crippen molar-refractivity contribution in [3.05, 3.63) is 69.3 Å². The summed E-state index contributed by atoms with van der Waals surface area (Å²) >= 11 is 0. The van der Waals surface area contributed by atoms with Crippen LogP contribution >= 0.6 is 0 Å². The number of nitrogens with one attached hydrogen (secondary N) is 2. The van der Waals surface area contributed by atoms with Gasteiger partial charge in [-0.3, -0.25) is 14.9 Å². The molecule has 3 N–H and O–H groups in total. The Kier molecular flexibility index (Phi) is 6.54. The maximum absolute atomic E-state index is 13.8. The molecule has 182 valence electrons. The van der Waals surface area contributed by atoms with Crippen LogP contribution in [0.5, 0.6) is 0 Å². The van der Waals surface area contributed by atoms with Gasteiger partial charge < -0.3 is 10.1 Å². The summed E-state index contributed by atoms with van der Waals surface area (Å²) in [4.78, 5) is 29.1. The summed E-state index contributed by atoms with van der Waals surface area (Å²) in [5.41, 5.74) is 2.98. The second-order valence-electron chi connectivity index (χ2n) is 9.95. The lowest BCUT2D eigenvalue weighted by molar-refractivity contribution is 0.0938. The van der Waals surface area contributed by atoms with Crippen molar-refractivity contribution in [2.24, 2.45) is 5.92 Å². The summed E-state index contributed by atoms with van der Waals surface area (Å²) < 4.78 is 1.16. The van der Waals surface area contributed by atoms with Crippen LogP contribution in [0.1, 0.15) is 90.5 Å². The molecule has 0 spiro atoms. The number of carbonyl (C=O) groups is 1. The fraction of sp³-hybridized carbons (Fsp3) is 0.481. The summed E-state index contributed by atoms with van der Waals surface area (Å²) in [6.07, 6.45) is 8.38. The third kappa shape index (κ3) is 4.30. The Balaban J connectivity index is 1.43. The minimum Gasteiger partial charge on any atom is -0.396 e. The van der Waals surface area contributed by atoms with Crippen LogP contribution in [-0.2, 0) is 0 Å². The standard InChI is InChI=1S/C27H31N5O3/c1-16(15-33)24-23(27-29-12-11-22(34)32(27)31-24)26(35)25-20(14-28)13-21(30-25)19-9-7-18(8-10-19)17-5-3-2-4-6-17/h7-12,16-17,20-21,25,29-30,33H,2-6,13,15H2,1H3/t16-,20?,21?,25?/m1/s1. The van der Waals surface area contributed by atoms with E-state index >= 15 is 0 Å². The second kappa shape index (κ2) is 9.76. The van der Waals surface area contributed by atoms with Gasteiger partial charge in [-0.2, -0.15) is 14.9 Å². The lowest BCUT2D eigenvalue weighted by Crippen LogP contribution is -2.37. The average molecular weight is 474 g/mol. The smallest absolute Gasteiger partial charge is 0.274 e. The Bertz CT molecular complexity index is 1310. The summed E-state index contributed by atoms with van der Waals surface area (Å²) in [6.45, 7) is 1.54. The first-order valence-corrected chi connectivity index (χ1v) is 12.5. The molecule has 5 rings (SSSR count). The van der Waals surface area contributed by atoms with Gasteiger partial charge in [0, 0.05) is 24.2 Å². The topological polar surface area (TPSA) is 123 Å². The average Bonchev–Trinajstić information content (AvgIpc) is 3.51. The number of benzene rings is 1. The molecule has 1 aromatic carbocycles. The largest absolute Gasteiger partial charge is 0.396 e. The Labute approximate surface area is 204 Å². The number of ketones is 1. The summed E-state index contributed by atoms with van der Waals surface area (Å²) in [6, 6.07) is 11.4. The van der Waals surface area contributed by atoms with E-state index in [1.807, 2.05) is 0 Å². The fourth-order valence-electron chi connectivity index (χ4n) is 5.67. The zero-order valence-corrected chi connectivity index (χ0v) is 19.9. The molecule has 2 fully saturated rings. The third-order valence-corrected chi connectivity index (χ3v) is 7.69. The molecule has 2 aromatic heterocycles. The number of aromatic nitrogens is 3. The van der Waals surface area contributed by atoms with Crippen molar-refractivity contribution in [2.45, 2.75) is 69.4 Å². The Morgan fingerprint density at radius 3 is 2.60 bits per heavy atom. The van der Waals surface area contributed by atoms with E-state index in [0.29, 0.717) is 18.0 Å². The molecule has 3 heterocycles. The number of nitrogens with zero attached hydrogens (tertiary/aromatic N) is 3. The normalized spacial score (nSPS) is 23.9. The molecular weight excluding hydrogens is 442 g/mol. The van der Waals surface area contributed by atoms with Crippen LogP contribution in [0.3, 0.4) is 0 Å². The van der Waals surface area contributed by atoms with Crippen molar-refractivity contribution in [1.82, 2.24) is 19.9 Å². The van der Waals surface area contributed by atoms with Gasteiger partial charge in [0.15, 0.2) is 5.78 Å². The number of H-pyrrole nitrogens is 1. The Morgan fingerprint density at radius 1 is 1.20 bits per heavy atom. The van der Waals surface area contributed by atoms with Gasteiger partial charge >= 0.3 is 0 Å². The molecule has 35 heavy (non-hydrogen) atoms. The van der Waals surface area contributed by atoms with Crippen molar-refractivity contribution in [2.75, 3.05) is 6.61 Å². The van der Waals surface area contributed by atoms with Crippen molar-refractivity contribution in [1.29, 1.82) is 5.26 Å². The van der Waals surface area contributed by atoms with Crippen molar-refractivity contribution >= 4 is 11.4 Å². The number of Topliss-reactive ketones (excluding diaryl/α,β-unsaturated/α-hetero) is 1. The van der Waals surface area contributed by atoms with Crippen LogP contribution in [-0.4, -0.2) is 38.1 Å². The van der Waals surface area contributed by atoms with Crippen LogP contribution < -0.4 is 10.9 Å². The molecule has 2 aliphatic rings. The number of nitriles is 1. The van der Waals surface area contributed by atoms with E-state index in [1.54, 1.807) is 6.92 Å². The van der Waals surface area contributed by atoms with Gasteiger partial charge in [-0.15, -0.1) is 0 Å². The first kappa shape index (κ1) is 23.5. The molecule has 0 amide bonds. The van der Waals surface area contributed by atoms with E-state index in [0.717, 1.165) is 10.1 Å². The molecule has 8 heteroatoms. The SMILES string of the molecule is C[C@H](CO)c1nn2c(=O)cc[nH]c2c1C(=O)C1NC(c2ccc(C3CCCCC3)cc2)CC1C#N. The van der Waals surface area contributed by atoms with Crippen molar-refractivity contribution in [3.8, 4) is 6.07 Å². The molecule has 1 saturated carbocycles. The highest BCUT2D eigenvalue weighted by Crippen LogP contribution is 2.36. The van der Waals surface area contributed by atoms with Gasteiger partial charge in [-0.1, -0.05) is 50.5 Å². The van der Waals surface area contributed by atoms with Crippen LogP contribution in [0.25, 0.3) is 5.65 Å². The lowest BCUT2D eigenvalue weighted by atomic mass is 9.83.